The van der Waals surface area contributed by atoms with E-state index in [9.17, 15) is 28.8 Å². The Bertz CT molecular complexity index is 1700. The number of hydrogen-bond donors (Lipinski definition) is 0. The summed E-state index contributed by atoms with van der Waals surface area (Å²) in [4.78, 5) is 87.8. The molecule has 0 spiro atoms. The van der Waals surface area contributed by atoms with Crippen LogP contribution in [0.4, 0.5) is 11.4 Å². The van der Waals surface area contributed by atoms with Gasteiger partial charge in [-0.05, 0) is 61.4 Å². The van der Waals surface area contributed by atoms with Gasteiger partial charge in [0.2, 0.25) is 11.8 Å². The minimum Gasteiger partial charge on any atom is -0.346 e. The molecule has 2 fully saturated rings. The van der Waals surface area contributed by atoms with E-state index in [0.29, 0.717) is 34.0 Å². The average Bonchev–Trinajstić information content (AvgIpc) is 3.64. The van der Waals surface area contributed by atoms with Crippen LogP contribution in [0, 0.1) is 0 Å². The summed E-state index contributed by atoms with van der Waals surface area (Å²) >= 11 is 0. The van der Waals surface area contributed by atoms with Crippen molar-refractivity contribution in [2.45, 2.75) is 25.7 Å². The molecule has 0 atom stereocenters. The van der Waals surface area contributed by atoms with Crippen LogP contribution in [0.2, 0.25) is 0 Å². The molecule has 0 aliphatic carbocycles. The van der Waals surface area contributed by atoms with Gasteiger partial charge in [0.1, 0.15) is 0 Å². The average molecular weight is 619 g/mol. The third-order valence-corrected chi connectivity index (χ3v) is 8.32. The van der Waals surface area contributed by atoms with Gasteiger partial charge in [-0.3, -0.25) is 38.7 Å². The van der Waals surface area contributed by atoms with Crippen LogP contribution in [0.5, 0.6) is 0 Å². The summed E-state index contributed by atoms with van der Waals surface area (Å²) in [6.07, 6.45) is 9.59. The Labute approximate surface area is 264 Å². The number of anilines is 2. The Morgan fingerprint density at radius 2 is 0.870 bits per heavy atom. The van der Waals surface area contributed by atoms with Crippen molar-refractivity contribution in [2.24, 2.45) is 0 Å². The Morgan fingerprint density at radius 3 is 1.09 bits per heavy atom. The highest BCUT2D eigenvalue weighted by Gasteiger charge is 2.40. The smallest absolute Gasteiger partial charge is 0.266 e. The fourth-order valence-corrected chi connectivity index (χ4v) is 5.88. The molecule has 0 bridgehead atoms. The maximum Gasteiger partial charge on any atom is 0.266 e. The molecule has 46 heavy (non-hydrogen) atoms. The standard InChI is InChI=1S/C24H12N4O4.2C5H9NO/c29-21-15-5-7-17-20-18(24(32)28(23(17)31)14-4-2-10-26-12-14)8-6-16(19(15)20)22(30)27(21)13-3-1-9-25-11-13;2*1-6-4-2-3-5(6)7/h1-12H;2*2-4H2,1H3. The number of carbonyl (C=O) groups is 6. The van der Waals surface area contributed by atoms with E-state index in [1.165, 1.54) is 36.7 Å². The SMILES string of the molecule is CN1CCCC1=O.CN1CCCC1=O.O=C1c2ccc3c4c(ccc(c24)C(=O)N1c1cccnc1)C(=O)N(c1cccnc1)C3=O. The molecule has 232 valence electrons. The maximum atomic E-state index is 13.3. The summed E-state index contributed by atoms with van der Waals surface area (Å²) in [5.74, 6) is -1.55. The summed E-state index contributed by atoms with van der Waals surface area (Å²) < 4.78 is 0. The molecule has 4 aromatic rings. The first-order valence-corrected chi connectivity index (χ1v) is 14.8. The summed E-state index contributed by atoms with van der Waals surface area (Å²) in [6, 6.07) is 12.6. The fraction of sp³-hybridized carbons (Fsp3) is 0.235. The van der Waals surface area contributed by atoms with E-state index in [2.05, 4.69) is 9.97 Å². The minimum absolute atomic E-state index is 0.250. The van der Waals surface area contributed by atoms with Crippen LogP contribution >= 0.6 is 0 Å². The van der Waals surface area contributed by atoms with Crippen LogP contribution in [0.15, 0.2) is 73.3 Å². The molecule has 2 saturated heterocycles. The molecule has 0 saturated carbocycles. The molecule has 6 amide bonds. The van der Waals surface area contributed by atoms with Crippen molar-refractivity contribution in [3.05, 3.63) is 95.6 Å². The van der Waals surface area contributed by atoms with E-state index < -0.39 is 23.6 Å². The highest BCUT2D eigenvalue weighted by atomic mass is 16.2. The van der Waals surface area contributed by atoms with E-state index in [0.717, 1.165) is 48.6 Å². The number of imide groups is 2. The largest absolute Gasteiger partial charge is 0.346 e. The molecule has 4 aliphatic rings. The van der Waals surface area contributed by atoms with Crippen molar-refractivity contribution in [1.82, 2.24) is 19.8 Å². The number of hydrogen-bond acceptors (Lipinski definition) is 8. The lowest BCUT2D eigenvalue weighted by molar-refractivity contribution is -0.127. The van der Waals surface area contributed by atoms with Gasteiger partial charge in [-0.1, -0.05) is 0 Å². The van der Waals surface area contributed by atoms with E-state index in [1.807, 2.05) is 14.1 Å². The second kappa shape index (κ2) is 12.3. The zero-order valence-electron chi connectivity index (χ0n) is 25.3. The Morgan fingerprint density at radius 1 is 0.522 bits per heavy atom. The summed E-state index contributed by atoms with van der Waals surface area (Å²) in [5.41, 5.74) is 1.69. The molecule has 4 aliphatic heterocycles. The van der Waals surface area contributed by atoms with E-state index in [-0.39, 0.29) is 22.3 Å². The molecule has 6 heterocycles. The quantitative estimate of drug-likeness (QED) is 0.310. The molecule has 12 nitrogen and oxygen atoms in total. The molecule has 2 aromatic carbocycles. The molecular weight excluding hydrogens is 588 g/mol. The Hall–Kier alpha value is -5.78. The third-order valence-electron chi connectivity index (χ3n) is 8.32. The van der Waals surface area contributed by atoms with Crippen molar-refractivity contribution >= 4 is 57.6 Å². The van der Waals surface area contributed by atoms with Crippen LogP contribution < -0.4 is 9.80 Å². The maximum absolute atomic E-state index is 13.3. The van der Waals surface area contributed by atoms with Crippen molar-refractivity contribution in [2.75, 3.05) is 37.0 Å². The lowest BCUT2D eigenvalue weighted by Gasteiger charge is -2.31. The predicted octanol–water partition coefficient (Wildman–Crippen LogP) is 3.71. The lowest BCUT2D eigenvalue weighted by atomic mass is 9.85. The van der Waals surface area contributed by atoms with Crippen LogP contribution in [0.25, 0.3) is 10.8 Å². The van der Waals surface area contributed by atoms with E-state index >= 15 is 0 Å². The van der Waals surface area contributed by atoms with Gasteiger partial charge in [-0.2, -0.15) is 0 Å². The normalized spacial score (nSPS) is 16.9. The molecule has 0 radical (unpaired) electrons. The summed E-state index contributed by atoms with van der Waals surface area (Å²) in [5, 5.41) is 0.644. The highest BCUT2D eigenvalue weighted by molar-refractivity contribution is 6.42. The van der Waals surface area contributed by atoms with Crippen LogP contribution in [-0.2, 0) is 9.59 Å². The summed E-state index contributed by atoms with van der Waals surface area (Å²) in [6.45, 7) is 1.91. The van der Waals surface area contributed by atoms with Gasteiger partial charge in [-0.25, -0.2) is 9.80 Å². The number of nitrogens with zero attached hydrogens (tertiary/aromatic N) is 6. The van der Waals surface area contributed by atoms with E-state index in [4.69, 9.17) is 0 Å². The molecule has 0 N–H and O–H groups in total. The second-order valence-electron chi connectivity index (χ2n) is 11.2. The van der Waals surface area contributed by atoms with Crippen molar-refractivity contribution in [3.8, 4) is 0 Å². The van der Waals surface area contributed by atoms with E-state index in [1.54, 1.807) is 46.5 Å². The van der Waals surface area contributed by atoms with Gasteiger partial charge < -0.3 is 9.80 Å². The Kier molecular flexibility index (Phi) is 8.10. The van der Waals surface area contributed by atoms with Gasteiger partial charge in [0, 0.05) is 85.4 Å². The van der Waals surface area contributed by atoms with Gasteiger partial charge in [0.05, 0.1) is 23.8 Å². The number of likely N-dealkylation sites (tertiary alicyclic amines) is 2. The fourth-order valence-electron chi connectivity index (χ4n) is 5.88. The lowest BCUT2D eigenvalue weighted by Crippen LogP contribution is -2.43. The number of benzene rings is 2. The monoisotopic (exact) mass is 618 g/mol. The van der Waals surface area contributed by atoms with Crippen molar-refractivity contribution in [3.63, 3.8) is 0 Å². The third kappa shape index (κ3) is 5.27. The topological polar surface area (TPSA) is 141 Å². The van der Waals surface area contributed by atoms with Gasteiger partial charge in [0.15, 0.2) is 0 Å². The number of carbonyl (C=O) groups excluding carboxylic acids is 6. The zero-order valence-corrected chi connectivity index (χ0v) is 25.3. The molecular formula is C34H30N6O6. The van der Waals surface area contributed by atoms with Crippen LogP contribution in [-0.4, -0.2) is 82.4 Å². The first-order valence-electron chi connectivity index (χ1n) is 14.8. The summed E-state index contributed by atoms with van der Waals surface area (Å²) in [7, 11) is 3.69. The second-order valence-corrected chi connectivity index (χ2v) is 11.2. The molecule has 12 heteroatoms. The van der Waals surface area contributed by atoms with Gasteiger partial charge >= 0.3 is 0 Å². The number of rotatable bonds is 2. The first kappa shape index (κ1) is 30.3. The number of amides is 6. The molecule has 2 aromatic heterocycles. The highest BCUT2D eigenvalue weighted by Crippen LogP contribution is 2.39. The van der Waals surface area contributed by atoms with Gasteiger partial charge in [-0.15, -0.1) is 0 Å². The molecule has 8 rings (SSSR count). The number of aromatic nitrogens is 2. The van der Waals surface area contributed by atoms with Crippen LogP contribution in [0.3, 0.4) is 0 Å². The number of pyridine rings is 2. The zero-order chi connectivity index (χ0) is 32.5. The van der Waals surface area contributed by atoms with Crippen molar-refractivity contribution in [1.29, 1.82) is 0 Å². The first-order chi connectivity index (χ1) is 22.2. The van der Waals surface area contributed by atoms with Crippen molar-refractivity contribution < 1.29 is 28.8 Å². The Balaban J connectivity index is 0.000000219. The molecule has 0 unspecified atom stereocenters. The van der Waals surface area contributed by atoms with Gasteiger partial charge in [0.25, 0.3) is 23.6 Å². The predicted molar refractivity (Wildman–Crippen MR) is 168 cm³/mol. The van der Waals surface area contributed by atoms with Crippen LogP contribution in [0.1, 0.15) is 67.1 Å². The minimum atomic E-state index is -0.534.